The van der Waals surface area contributed by atoms with Gasteiger partial charge in [-0.2, -0.15) is 4.98 Å². The van der Waals surface area contributed by atoms with Crippen LogP contribution in [0.1, 0.15) is 0 Å². The average molecular weight is 207 g/mol. The van der Waals surface area contributed by atoms with Crippen LogP contribution in [0.3, 0.4) is 0 Å². The number of benzene rings is 1. The second-order valence-electron chi connectivity index (χ2n) is 3.27. The largest absolute Gasteiger partial charge is 0.416 e. The van der Waals surface area contributed by atoms with Crippen LogP contribution in [0.2, 0.25) is 0 Å². The lowest BCUT2D eigenvalue weighted by Crippen LogP contribution is -2.08. The molecule has 0 radical (unpaired) electrons. The van der Waals surface area contributed by atoms with Gasteiger partial charge in [0.25, 0.3) is 6.01 Å². The molecule has 0 fully saturated rings. The first-order valence-electron chi connectivity index (χ1n) is 4.31. The van der Waals surface area contributed by atoms with Gasteiger partial charge in [0, 0.05) is 20.2 Å². The molecule has 2 rings (SSSR count). The number of nitro groups is 1. The fraction of sp³-hybridized carbons (Fsp3) is 0.222. The summed E-state index contributed by atoms with van der Waals surface area (Å²) in [6.07, 6.45) is 0. The van der Waals surface area contributed by atoms with Crippen LogP contribution in [0.25, 0.3) is 11.1 Å². The quantitative estimate of drug-likeness (QED) is 0.554. The molecule has 2 aromatic rings. The summed E-state index contributed by atoms with van der Waals surface area (Å²) in [5.74, 6) is 0. The zero-order valence-corrected chi connectivity index (χ0v) is 8.30. The maximum atomic E-state index is 10.7. The highest BCUT2D eigenvalue weighted by Gasteiger charge is 2.17. The molecule has 1 heterocycles. The Morgan fingerprint density at radius 2 is 2.20 bits per heavy atom. The molecule has 6 heteroatoms. The van der Waals surface area contributed by atoms with Crippen molar-refractivity contribution in [2.45, 2.75) is 0 Å². The molecule has 6 nitrogen and oxygen atoms in total. The Bertz CT molecular complexity index is 518. The van der Waals surface area contributed by atoms with Crippen molar-refractivity contribution in [3.05, 3.63) is 28.3 Å². The summed E-state index contributed by atoms with van der Waals surface area (Å²) in [5.41, 5.74) is 0.646. The Kier molecular flexibility index (Phi) is 2.03. The molecule has 1 aromatic carbocycles. The highest BCUT2D eigenvalue weighted by molar-refractivity contribution is 5.83. The fourth-order valence-corrected chi connectivity index (χ4v) is 1.26. The molecular formula is C9H9N3O3. The first-order valence-corrected chi connectivity index (χ1v) is 4.31. The van der Waals surface area contributed by atoms with Gasteiger partial charge in [-0.05, 0) is 6.07 Å². The van der Waals surface area contributed by atoms with Crippen LogP contribution in [0, 0.1) is 10.1 Å². The average Bonchev–Trinajstić information content (AvgIpc) is 2.60. The zero-order valence-electron chi connectivity index (χ0n) is 8.30. The molecule has 0 spiro atoms. The third-order valence-corrected chi connectivity index (χ3v) is 1.96. The second-order valence-corrected chi connectivity index (χ2v) is 3.27. The maximum Gasteiger partial charge on any atom is 0.313 e. The monoisotopic (exact) mass is 207 g/mol. The van der Waals surface area contributed by atoms with Crippen LogP contribution >= 0.6 is 0 Å². The lowest BCUT2D eigenvalue weighted by molar-refractivity contribution is -0.383. The predicted molar refractivity (Wildman–Crippen MR) is 55.0 cm³/mol. The van der Waals surface area contributed by atoms with Crippen molar-refractivity contribution < 1.29 is 9.34 Å². The van der Waals surface area contributed by atoms with Crippen LogP contribution in [-0.4, -0.2) is 24.0 Å². The number of oxazole rings is 1. The minimum absolute atomic E-state index is 0.0619. The van der Waals surface area contributed by atoms with E-state index in [9.17, 15) is 10.1 Å². The van der Waals surface area contributed by atoms with E-state index in [4.69, 9.17) is 4.42 Å². The van der Waals surface area contributed by atoms with E-state index in [1.54, 1.807) is 31.1 Å². The van der Waals surface area contributed by atoms with Gasteiger partial charge >= 0.3 is 5.69 Å². The van der Waals surface area contributed by atoms with Gasteiger partial charge in [0.1, 0.15) is 5.52 Å². The minimum Gasteiger partial charge on any atom is -0.416 e. The number of aromatic nitrogens is 1. The number of rotatable bonds is 2. The van der Waals surface area contributed by atoms with Gasteiger partial charge in [0.15, 0.2) is 0 Å². The summed E-state index contributed by atoms with van der Waals surface area (Å²) in [5, 5.41) is 10.7. The Morgan fingerprint density at radius 1 is 1.47 bits per heavy atom. The topological polar surface area (TPSA) is 72.4 Å². The summed E-state index contributed by atoms with van der Waals surface area (Å²) in [6.45, 7) is 0. The van der Waals surface area contributed by atoms with Crippen molar-refractivity contribution in [3.8, 4) is 0 Å². The van der Waals surface area contributed by atoms with Crippen molar-refractivity contribution >= 4 is 22.8 Å². The predicted octanol–water partition coefficient (Wildman–Crippen LogP) is 1.80. The van der Waals surface area contributed by atoms with Gasteiger partial charge < -0.3 is 9.32 Å². The number of hydrogen-bond donors (Lipinski definition) is 0. The third kappa shape index (κ3) is 1.50. The number of hydrogen-bond acceptors (Lipinski definition) is 5. The molecule has 0 atom stereocenters. The molecule has 0 aliphatic heterocycles. The number of non-ortho nitro benzene ring substituents is 1. The molecule has 0 aliphatic rings. The van der Waals surface area contributed by atoms with Gasteiger partial charge in [-0.3, -0.25) is 10.1 Å². The number of fused-ring (bicyclic) bond motifs is 1. The van der Waals surface area contributed by atoms with Crippen LogP contribution in [0.4, 0.5) is 11.7 Å². The summed E-state index contributed by atoms with van der Waals surface area (Å²) >= 11 is 0. The summed E-state index contributed by atoms with van der Waals surface area (Å²) in [6, 6.07) is 5.02. The van der Waals surface area contributed by atoms with Gasteiger partial charge in [0.05, 0.1) is 4.92 Å². The van der Waals surface area contributed by atoms with Crippen molar-refractivity contribution in [2.24, 2.45) is 0 Å². The van der Waals surface area contributed by atoms with Crippen molar-refractivity contribution in [1.82, 2.24) is 4.98 Å². The van der Waals surface area contributed by atoms with Gasteiger partial charge in [-0.1, -0.05) is 6.07 Å². The normalized spacial score (nSPS) is 10.5. The van der Waals surface area contributed by atoms with E-state index < -0.39 is 4.92 Å². The van der Waals surface area contributed by atoms with E-state index in [1.165, 1.54) is 6.07 Å². The molecule has 0 saturated carbocycles. The summed E-state index contributed by atoms with van der Waals surface area (Å²) < 4.78 is 5.30. The summed E-state index contributed by atoms with van der Waals surface area (Å²) in [4.78, 5) is 16.0. The molecule has 0 N–H and O–H groups in total. The Hall–Kier alpha value is -2.11. The standard InChI is InChI=1S/C9H9N3O3/c1-11(2)9-10-6-4-3-5-7(12(13)14)8(6)15-9/h3-5H,1-2H3. The van der Waals surface area contributed by atoms with Crippen LogP contribution in [0.5, 0.6) is 0 Å². The second kappa shape index (κ2) is 3.23. The Morgan fingerprint density at radius 3 is 2.80 bits per heavy atom. The Labute approximate surface area is 85.3 Å². The molecule has 78 valence electrons. The first kappa shape index (κ1) is 9.45. The van der Waals surface area contributed by atoms with E-state index >= 15 is 0 Å². The molecule has 15 heavy (non-hydrogen) atoms. The molecule has 1 aromatic heterocycles. The van der Waals surface area contributed by atoms with E-state index in [2.05, 4.69) is 4.98 Å². The molecule has 0 aliphatic carbocycles. The molecule has 0 amide bonds. The van der Waals surface area contributed by atoms with Crippen LogP contribution < -0.4 is 4.90 Å². The Balaban J connectivity index is 2.70. The zero-order chi connectivity index (χ0) is 11.0. The van der Waals surface area contributed by atoms with E-state index in [1.807, 2.05) is 0 Å². The van der Waals surface area contributed by atoms with E-state index in [0.29, 0.717) is 11.5 Å². The van der Waals surface area contributed by atoms with Crippen molar-refractivity contribution in [1.29, 1.82) is 0 Å². The van der Waals surface area contributed by atoms with Crippen LogP contribution in [-0.2, 0) is 0 Å². The maximum absolute atomic E-state index is 10.7. The molecule has 0 bridgehead atoms. The van der Waals surface area contributed by atoms with Crippen LogP contribution in [0.15, 0.2) is 22.6 Å². The first-order chi connectivity index (χ1) is 7.09. The SMILES string of the molecule is CN(C)c1nc2cccc([N+](=O)[O-])c2o1. The fourth-order valence-electron chi connectivity index (χ4n) is 1.26. The minimum atomic E-state index is -0.479. The molecular weight excluding hydrogens is 198 g/mol. The summed E-state index contributed by atoms with van der Waals surface area (Å²) in [7, 11) is 3.52. The van der Waals surface area contributed by atoms with E-state index in [0.717, 1.165) is 0 Å². The van der Waals surface area contributed by atoms with Gasteiger partial charge in [-0.25, -0.2) is 0 Å². The third-order valence-electron chi connectivity index (χ3n) is 1.96. The van der Waals surface area contributed by atoms with Crippen molar-refractivity contribution in [3.63, 3.8) is 0 Å². The van der Waals surface area contributed by atoms with Gasteiger partial charge in [0.2, 0.25) is 5.58 Å². The highest BCUT2D eigenvalue weighted by atomic mass is 16.6. The van der Waals surface area contributed by atoms with Crippen molar-refractivity contribution in [2.75, 3.05) is 19.0 Å². The van der Waals surface area contributed by atoms with Gasteiger partial charge in [-0.15, -0.1) is 0 Å². The van der Waals surface area contributed by atoms with E-state index in [-0.39, 0.29) is 11.3 Å². The molecule has 0 unspecified atom stereocenters. The smallest absolute Gasteiger partial charge is 0.313 e. The lowest BCUT2D eigenvalue weighted by atomic mass is 10.3. The number of para-hydroxylation sites is 1. The lowest BCUT2D eigenvalue weighted by Gasteiger charge is -2.03. The number of nitro benzene ring substituents is 1. The highest BCUT2D eigenvalue weighted by Crippen LogP contribution is 2.28. The molecule has 0 saturated heterocycles. The number of anilines is 1. The number of nitrogens with zero attached hydrogens (tertiary/aromatic N) is 3.